The van der Waals surface area contributed by atoms with E-state index in [0.717, 1.165) is 11.4 Å². The molecular formula is C25H38N2S. The second-order valence-electron chi connectivity index (χ2n) is 7.82. The summed E-state index contributed by atoms with van der Waals surface area (Å²) in [4.78, 5) is 1.34. The van der Waals surface area contributed by atoms with Gasteiger partial charge in [-0.05, 0) is 56.4 Å². The van der Waals surface area contributed by atoms with Crippen molar-refractivity contribution < 1.29 is 0 Å². The summed E-state index contributed by atoms with van der Waals surface area (Å²) in [6.07, 6.45) is 11.0. The second kappa shape index (κ2) is 13.5. The molecule has 0 atom stereocenters. The van der Waals surface area contributed by atoms with Crippen molar-refractivity contribution in [3.63, 3.8) is 0 Å². The molecule has 0 heterocycles. The van der Waals surface area contributed by atoms with Crippen LogP contribution in [0.5, 0.6) is 0 Å². The van der Waals surface area contributed by atoms with Crippen LogP contribution >= 0.6 is 11.8 Å². The first kappa shape index (κ1) is 22.7. The Balaban J connectivity index is 1.84. The van der Waals surface area contributed by atoms with Gasteiger partial charge in [0.25, 0.3) is 0 Å². The number of rotatable bonds is 14. The Kier molecular flexibility index (Phi) is 11.0. The van der Waals surface area contributed by atoms with Gasteiger partial charge >= 0.3 is 0 Å². The largest absolute Gasteiger partial charge is 0.382 e. The Morgan fingerprint density at radius 1 is 0.786 bits per heavy atom. The first-order valence-electron chi connectivity index (χ1n) is 11.0. The van der Waals surface area contributed by atoms with Gasteiger partial charge in [0, 0.05) is 28.0 Å². The molecule has 0 fully saturated rings. The minimum absolute atomic E-state index is 0.440. The highest BCUT2D eigenvalue weighted by molar-refractivity contribution is 7.99. The number of unbranched alkanes of at least 4 members (excludes halogenated alkanes) is 7. The van der Waals surface area contributed by atoms with E-state index in [4.69, 9.17) is 0 Å². The van der Waals surface area contributed by atoms with E-state index in [0.29, 0.717) is 6.04 Å². The van der Waals surface area contributed by atoms with E-state index in [1.807, 2.05) is 17.8 Å². The van der Waals surface area contributed by atoms with Crippen LogP contribution in [0.1, 0.15) is 72.1 Å². The molecule has 0 saturated heterocycles. The highest BCUT2D eigenvalue weighted by Gasteiger charge is 2.07. The number of para-hydroxylation sites is 1. The number of hydrogen-bond acceptors (Lipinski definition) is 3. The first-order valence-corrected chi connectivity index (χ1v) is 12.0. The zero-order valence-corrected chi connectivity index (χ0v) is 18.8. The van der Waals surface area contributed by atoms with E-state index in [-0.39, 0.29) is 0 Å². The molecule has 0 amide bonds. The zero-order valence-electron chi connectivity index (χ0n) is 18.0. The first-order chi connectivity index (χ1) is 13.7. The third-order valence-electron chi connectivity index (χ3n) is 4.74. The smallest absolute Gasteiger partial charge is 0.0481 e. The van der Waals surface area contributed by atoms with Gasteiger partial charge in [-0.2, -0.15) is 0 Å². The van der Waals surface area contributed by atoms with Crippen LogP contribution in [0, 0.1) is 0 Å². The Morgan fingerprint density at radius 2 is 1.46 bits per heavy atom. The lowest BCUT2D eigenvalue weighted by Crippen LogP contribution is -2.10. The average Bonchev–Trinajstić information content (AvgIpc) is 2.69. The second-order valence-corrected chi connectivity index (χ2v) is 8.96. The maximum absolute atomic E-state index is 3.60. The summed E-state index contributed by atoms with van der Waals surface area (Å²) >= 11 is 1.98. The Morgan fingerprint density at radius 3 is 2.14 bits per heavy atom. The summed E-state index contributed by atoms with van der Waals surface area (Å²) in [6, 6.07) is 17.5. The fraction of sp³-hybridized carbons (Fsp3) is 0.520. The van der Waals surface area contributed by atoms with Crippen molar-refractivity contribution in [1.82, 2.24) is 0 Å². The minimum Gasteiger partial charge on any atom is -0.382 e. The number of benzene rings is 2. The monoisotopic (exact) mass is 398 g/mol. The van der Waals surface area contributed by atoms with Crippen molar-refractivity contribution in [1.29, 1.82) is 0 Å². The van der Waals surface area contributed by atoms with Gasteiger partial charge in [0.15, 0.2) is 0 Å². The molecule has 0 radical (unpaired) electrons. The molecule has 0 saturated carbocycles. The Bertz CT molecular complexity index is 655. The van der Waals surface area contributed by atoms with Crippen molar-refractivity contribution in [2.75, 3.05) is 16.4 Å². The Hall–Kier alpha value is -1.61. The highest BCUT2D eigenvalue weighted by Crippen LogP contribution is 2.32. The van der Waals surface area contributed by atoms with Crippen LogP contribution in [0.4, 0.5) is 17.1 Å². The normalized spacial score (nSPS) is 11.0. The van der Waals surface area contributed by atoms with E-state index in [1.165, 1.54) is 67.7 Å². The Labute approximate surface area is 176 Å². The molecule has 2 rings (SSSR count). The summed E-state index contributed by atoms with van der Waals surface area (Å²) in [5.41, 5.74) is 3.53. The zero-order chi connectivity index (χ0) is 20.0. The number of anilines is 3. The van der Waals surface area contributed by atoms with Gasteiger partial charge in [-0.25, -0.2) is 0 Å². The average molecular weight is 399 g/mol. The number of hydrogen-bond donors (Lipinski definition) is 2. The van der Waals surface area contributed by atoms with Crippen LogP contribution in [0.3, 0.4) is 0 Å². The number of thioether (sulfide) groups is 1. The number of nitrogens with one attached hydrogen (secondary N) is 2. The molecule has 0 aliphatic rings. The summed E-state index contributed by atoms with van der Waals surface area (Å²) in [7, 11) is 0. The van der Waals surface area contributed by atoms with E-state index in [2.05, 4.69) is 73.9 Å². The van der Waals surface area contributed by atoms with E-state index < -0.39 is 0 Å². The van der Waals surface area contributed by atoms with Crippen LogP contribution in [0.15, 0.2) is 53.4 Å². The molecule has 154 valence electrons. The SMILES string of the molecule is CCCCCCCCCCSc1cc(Nc2ccccc2)ccc1NC(C)C. The van der Waals surface area contributed by atoms with Crippen molar-refractivity contribution in [3.8, 4) is 0 Å². The van der Waals surface area contributed by atoms with Crippen LogP contribution in [-0.2, 0) is 0 Å². The van der Waals surface area contributed by atoms with Crippen LogP contribution < -0.4 is 10.6 Å². The van der Waals surface area contributed by atoms with Gasteiger partial charge in [-0.15, -0.1) is 11.8 Å². The van der Waals surface area contributed by atoms with Crippen LogP contribution in [0.2, 0.25) is 0 Å². The van der Waals surface area contributed by atoms with E-state index >= 15 is 0 Å². The van der Waals surface area contributed by atoms with Gasteiger partial charge < -0.3 is 10.6 Å². The molecule has 0 bridgehead atoms. The third kappa shape index (κ3) is 9.05. The third-order valence-corrected chi connectivity index (χ3v) is 5.89. The lowest BCUT2D eigenvalue weighted by molar-refractivity contribution is 0.586. The summed E-state index contributed by atoms with van der Waals surface area (Å²) < 4.78 is 0. The molecule has 2 N–H and O–H groups in total. The maximum atomic E-state index is 3.60. The summed E-state index contributed by atoms with van der Waals surface area (Å²) in [6.45, 7) is 6.68. The molecule has 28 heavy (non-hydrogen) atoms. The molecule has 3 heteroatoms. The van der Waals surface area contributed by atoms with Gasteiger partial charge in [-0.3, -0.25) is 0 Å². The quantitative estimate of drug-likeness (QED) is 0.246. The van der Waals surface area contributed by atoms with Crippen molar-refractivity contribution in [3.05, 3.63) is 48.5 Å². The van der Waals surface area contributed by atoms with Crippen molar-refractivity contribution in [2.45, 2.75) is 83.1 Å². The molecule has 2 nitrogen and oxygen atoms in total. The van der Waals surface area contributed by atoms with Gasteiger partial charge in [0.2, 0.25) is 0 Å². The lowest BCUT2D eigenvalue weighted by Gasteiger charge is -2.16. The van der Waals surface area contributed by atoms with Crippen LogP contribution in [-0.4, -0.2) is 11.8 Å². The topological polar surface area (TPSA) is 24.1 Å². The van der Waals surface area contributed by atoms with Crippen molar-refractivity contribution in [2.24, 2.45) is 0 Å². The molecule has 2 aromatic carbocycles. The maximum Gasteiger partial charge on any atom is 0.0481 e. The van der Waals surface area contributed by atoms with Crippen LogP contribution in [0.25, 0.3) is 0 Å². The molecule has 0 aliphatic heterocycles. The van der Waals surface area contributed by atoms with E-state index in [9.17, 15) is 0 Å². The van der Waals surface area contributed by atoms with Gasteiger partial charge in [0.05, 0.1) is 0 Å². The molecule has 0 unspecified atom stereocenters. The molecule has 0 spiro atoms. The van der Waals surface area contributed by atoms with Crippen molar-refractivity contribution >= 4 is 28.8 Å². The van der Waals surface area contributed by atoms with E-state index in [1.54, 1.807) is 0 Å². The van der Waals surface area contributed by atoms with Gasteiger partial charge in [-0.1, -0.05) is 70.1 Å². The molecule has 0 aliphatic carbocycles. The predicted molar refractivity (Wildman–Crippen MR) is 128 cm³/mol. The molecular weight excluding hydrogens is 360 g/mol. The summed E-state index contributed by atoms with van der Waals surface area (Å²) in [5, 5.41) is 7.12. The minimum atomic E-state index is 0.440. The fourth-order valence-electron chi connectivity index (χ4n) is 3.26. The molecule has 0 aromatic heterocycles. The fourth-order valence-corrected chi connectivity index (χ4v) is 4.32. The molecule has 2 aromatic rings. The highest BCUT2D eigenvalue weighted by atomic mass is 32.2. The predicted octanol–water partition coefficient (Wildman–Crippen LogP) is 8.48. The standard InChI is InChI=1S/C25H38N2S/c1-4-5-6-7-8-9-10-14-19-28-25-20-23(17-18-24(25)26-21(2)3)27-22-15-12-11-13-16-22/h11-13,15-18,20-21,26-27H,4-10,14,19H2,1-3H3. The summed E-state index contributed by atoms with van der Waals surface area (Å²) in [5.74, 6) is 1.19. The lowest BCUT2D eigenvalue weighted by atomic mass is 10.1. The van der Waals surface area contributed by atoms with Gasteiger partial charge in [0.1, 0.15) is 0 Å².